The first-order chi connectivity index (χ1) is 25.7. The van der Waals surface area contributed by atoms with Crippen LogP contribution in [0.3, 0.4) is 0 Å². The van der Waals surface area contributed by atoms with Crippen LogP contribution >= 0.6 is 0 Å². The van der Waals surface area contributed by atoms with Crippen molar-refractivity contribution in [2.45, 2.75) is 103 Å². The Kier molecular flexibility index (Phi) is 21.5. The monoisotopic (exact) mass is 699 g/mol. The zero-order chi connectivity index (χ0) is 39.2. The molecule has 0 amide bonds. The van der Waals surface area contributed by atoms with Gasteiger partial charge >= 0.3 is 0 Å². The summed E-state index contributed by atoms with van der Waals surface area (Å²) in [5.41, 5.74) is 12.0. The quantitative estimate of drug-likeness (QED) is 0.171. The molecule has 0 unspecified atom stereocenters. The van der Waals surface area contributed by atoms with Crippen LogP contribution in [-0.2, 0) is 6.42 Å². The van der Waals surface area contributed by atoms with E-state index in [1.807, 2.05) is 83.1 Å². The summed E-state index contributed by atoms with van der Waals surface area (Å²) in [6.07, 6.45) is 0.971. The van der Waals surface area contributed by atoms with Crippen molar-refractivity contribution < 1.29 is 0 Å². The van der Waals surface area contributed by atoms with Crippen molar-refractivity contribution >= 4 is 38.6 Å². The van der Waals surface area contributed by atoms with E-state index in [2.05, 4.69) is 146 Å². The second-order valence-corrected chi connectivity index (χ2v) is 10.8. The van der Waals surface area contributed by atoms with Gasteiger partial charge in [0, 0.05) is 54.7 Å². The SMILES string of the molecule is CC.CC.CC.CC.CC.CC.CCN(C)c1ccc2ccccc2c1-c1c(N(CC)c2cccc3c2Cc2ccccc2-3)ccc2ccccc12. The van der Waals surface area contributed by atoms with Crippen molar-refractivity contribution in [2.24, 2.45) is 0 Å². The van der Waals surface area contributed by atoms with Crippen LogP contribution in [0.25, 0.3) is 43.8 Å². The van der Waals surface area contributed by atoms with Gasteiger partial charge in [0.25, 0.3) is 0 Å². The number of hydrogen-bond acceptors (Lipinski definition) is 2. The fourth-order valence-corrected chi connectivity index (χ4v) is 6.62. The summed E-state index contributed by atoms with van der Waals surface area (Å²) in [5.74, 6) is 0. The molecule has 0 N–H and O–H groups in total. The van der Waals surface area contributed by atoms with Gasteiger partial charge < -0.3 is 9.80 Å². The summed E-state index contributed by atoms with van der Waals surface area (Å²) in [5, 5.41) is 5.11. The predicted octanol–water partition coefficient (Wildman–Crippen LogP) is 16.0. The van der Waals surface area contributed by atoms with Crippen LogP contribution in [0.2, 0.25) is 0 Å². The van der Waals surface area contributed by atoms with Gasteiger partial charge in [0.05, 0.1) is 0 Å². The van der Waals surface area contributed by atoms with E-state index in [0.29, 0.717) is 0 Å². The van der Waals surface area contributed by atoms with Crippen LogP contribution < -0.4 is 9.80 Å². The molecule has 7 rings (SSSR count). The van der Waals surface area contributed by atoms with E-state index in [4.69, 9.17) is 0 Å². The van der Waals surface area contributed by atoms with Crippen LogP contribution in [0.4, 0.5) is 17.1 Å². The Labute approximate surface area is 319 Å². The first-order valence-electron chi connectivity index (χ1n) is 20.4. The summed E-state index contributed by atoms with van der Waals surface area (Å²) in [6.45, 7) is 30.3. The molecule has 0 aromatic heterocycles. The summed E-state index contributed by atoms with van der Waals surface area (Å²) < 4.78 is 0. The minimum Gasteiger partial charge on any atom is -0.374 e. The first kappa shape index (κ1) is 45.5. The molecule has 0 atom stereocenters. The first-order valence-corrected chi connectivity index (χ1v) is 20.4. The molecule has 0 aliphatic heterocycles. The number of benzene rings is 6. The zero-order valence-electron chi connectivity index (χ0n) is 35.5. The summed E-state index contributed by atoms with van der Waals surface area (Å²) in [4.78, 5) is 4.92. The lowest BCUT2D eigenvalue weighted by atomic mass is 9.90. The van der Waals surface area contributed by atoms with Gasteiger partial charge in [-0.1, -0.05) is 180 Å². The van der Waals surface area contributed by atoms with Crippen molar-refractivity contribution in [1.82, 2.24) is 0 Å². The molecule has 0 bridgehead atoms. The minimum absolute atomic E-state index is 0.877. The maximum Gasteiger partial charge on any atom is 0.0497 e. The molecule has 2 heteroatoms. The largest absolute Gasteiger partial charge is 0.374 e. The molecule has 280 valence electrons. The van der Waals surface area contributed by atoms with Gasteiger partial charge in [-0.25, -0.2) is 0 Å². The van der Waals surface area contributed by atoms with Crippen molar-refractivity contribution in [3.8, 4) is 22.3 Å². The molecule has 0 radical (unpaired) electrons. The number of hydrogen-bond donors (Lipinski definition) is 0. The van der Waals surface area contributed by atoms with Crippen LogP contribution in [0, 0.1) is 0 Å². The van der Waals surface area contributed by atoms with Crippen molar-refractivity contribution in [3.05, 3.63) is 126 Å². The van der Waals surface area contributed by atoms with Crippen molar-refractivity contribution in [2.75, 3.05) is 29.9 Å². The second kappa shape index (κ2) is 24.6. The lowest BCUT2D eigenvalue weighted by Gasteiger charge is -2.31. The van der Waals surface area contributed by atoms with Gasteiger partial charge in [-0.3, -0.25) is 0 Å². The zero-order valence-corrected chi connectivity index (χ0v) is 35.5. The fourth-order valence-electron chi connectivity index (χ4n) is 6.62. The van der Waals surface area contributed by atoms with Crippen LogP contribution in [0.15, 0.2) is 115 Å². The summed E-state index contributed by atoms with van der Waals surface area (Å²) >= 11 is 0. The highest BCUT2D eigenvalue weighted by Crippen LogP contribution is 2.49. The maximum atomic E-state index is 2.55. The van der Waals surface area contributed by atoms with E-state index in [-0.39, 0.29) is 0 Å². The molecule has 1 aliphatic carbocycles. The van der Waals surface area contributed by atoms with Gasteiger partial charge in [0.2, 0.25) is 0 Å². The van der Waals surface area contributed by atoms with Crippen LogP contribution in [-0.4, -0.2) is 20.1 Å². The van der Waals surface area contributed by atoms with E-state index in [1.165, 1.54) is 72.0 Å². The van der Waals surface area contributed by atoms with E-state index in [0.717, 1.165) is 19.5 Å². The second-order valence-electron chi connectivity index (χ2n) is 10.8. The minimum atomic E-state index is 0.877. The Hall–Kier alpha value is -4.56. The number of fused-ring (bicyclic) bond motifs is 5. The van der Waals surface area contributed by atoms with Crippen LogP contribution in [0.1, 0.15) is 108 Å². The standard InChI is InChI=1S/C38H34N2.6C2H6/c1-4-39(3)35-23-21-26-13-6-10-17-30(26)37(35)38-31-18-11-7-14-27(31)22-24-36(38)40(5-2)34-20-12-19-32-29-16-9-8-15-28(29)25-33(32)34;6*1-2/h6-24H,4-5,25H2,1-3H3;6*1-2H3. The molecule has 0 heterocycles. The average Bonchev–Trinajstić information content (AvgIpc) is 3.64. The van der Waals surface area contributed by atoms with Gasteiger partial charge in [-0.05, 0) is 75.8 Å². The maximum absolute atomic E-state index is 2.55. The predicted molar refractivity (Wildman–Crippen MR) is 241 cm³/mol. The molecule has 0 saturated carbocycles. The van der Waals surface area contributed by atoms with Gasteiger partial charge in [-0.2, -0.15) is 0 Å². The van der Waals surface area contributed by atoms with Gasteiger partial charge in [0.1, 0.15) is 0 Å². The van der Waals surface area contributed by atoms with E-state index in [1.54, 1.807) is 0 Å². The van der Waals surface area contributed by atoms with Crippen molar-refractivity contribution in [3.63, 3.8) is 0 Å². The third kappa shape index (κ3) is 9.65. The van der Waals surface area contributed by atoms with Crippen LogP contribution in [0.5, 0.6) is 0 Å². The van der Waals surface area contributed by atoms with E-state index < -0.39 is 0 Å². The third-order valence-corrected chi connectivity index (χ3v) is 8.67. The molecule has 2 nitrogen and oxygen atoms in total. The molecule has 0 saturated heterocycles. The normalized spacial score (nSPS) is 9.90. The Morgan fingerprint density at radius 3 is 1.42 bits per heavy atom. The number of anilines is 3. The highest BCUT2D eigenvalue weighted by Gasteiger charge is 2.26. The van der Waals surface area contributed by atoms with E-state index >= 15 is 0 Å². The summed E-state index contributed by atoms with van der Waals surface area (Å²) in [7, 11) is 2.21. The Morgan fingerprint density at radius 1 is 0.423 bits per heavy atom. The number of nitrogens with zero attached hydrogens (tertiary/aromatic N) is 2. The number of rotatable bonds is 6. The topological polar surface area (TPSA) is 6.48 Å². The molecule has 6 aromatic rings. The summed E-state index contributed by atoms with van der Waals surface area (Å²) in [6, 6.07) is 42.6. The Morgan fingerprint density at radius 2 is 0.885 bits per heavy atom. The average molecular weight is 699 g/mol. The van der Waals surface area contributed by atoms with E-state index in [9.17, 15) is 0 Å². The Bertz CT molecular complexity index is 1880. The van der Waals surface area contributed by atoms with Gasteiger partial charge in [0.15, 0.2) is 0 Å². The van der Waals surface area contributed by atoms with Crippen molar-refractivity contribution in [1.29, 1.82) is 0 Å². The molecule has 52 heavy (non-hydrogen) atoms. The molecule has 0 spiro atoms. The highest BCUT2D eigenvalue weighted by molar-refractivity contribution is 6.14. The third-order valence-electron chi connectivity index (χ3n) is 8.67. The lowest BCUT2D eigenvalue weighted by molar-refractivity contribution is 0.970. The smallest absolute Gasteiger partial charge is 0.0497 e. The Balaban J connectivity index is 0.00000103. The highest BCUT2D eigenvalue weighted by atomic mass is 15.1. The molecule has 6 aromatic carbocycles. The van der Waals surface area contributed by atoms with Gasteiger partial charge in [-0.15, -0.1) is 0 Å². The molecule has 1 aliphatic rings. The molecular weight excluding hydrogens is 629 g/mol. The fraction of sp³-hybridized carbons (Fsp3) is 0.360. The molecular formula is C50H70N2. The molecule has 0 fully saturated rings. The lowest BCUT2D eigenvalue weighted by Crippen LogP contribution is -2.20.